The Balaban J connectivity index is 1.94. The Hall–Kier alpha value is -1.81. The van der Waals surface area contributed by atoms with Crippen LogP contribution in [0, 0.1) is 19.8 Å². The average Bonchev–Trinajstić information content (AvgIpc) is 2.95. The van der Waals surface area contributed by atoms with Gasteiger partial charge in [0.2, 0.25) is 0 Å². The van der Waals surface area contributed by atoms with Crippen LogP contribution < -0.4 is 10.1 Å². The predicted octanol–water partition coefficient (Wildman–Crippen LogP) is 4.26. The van der Waals surface area contributed by atoms with Gasteiger partial charge in [-0.05, 0) is 54.5 Å². The van der Waals surface area contributed by atoms with Crippen molar-refractivity contribution in [3.63, 3.8) is 0 Å². The molecule has 0 aliphatic heterocycles. The van der Waals surface area contributed by atoms with E-state index in [1.54, 1.807) is 11.3 Å². The maximum atomic E-state index is 12.2. The first-order chi connectivity index (χ1) is 10.5. The lowest BCUT2D eigenvalue weighted by molar-refractivity contribution is -0.124. The molecule has 0 saturated heterocycles. The van der Waals surface area contributed by atoms with Gasteiger partial charge in [-0.1, -0.05) is 26.0 Å². The number of nitrogens with one attached hydrogen (secondary N) is 1. The molecule has 0 aliphatic carbocycles. The first-order valence-electron chi connectivity index (χ1n) is 7.49. The van der Waals surface area contributed by atoms with E-state index < -0.39 is 0 Å². The number of hydrogen-bond acceptors (Lipinski definition) is 3. The minimum Gasteiger partial charge on any atom is -0.484 e. The van der Waals surface area contributed by atoms with Gasteiger partial charge >= 0.3 is 0 Å². The van der Waals surface area contributed by atoms with Crippen LogP contribution in [0.4, 0.5) is 0 Å². The van der Waals surface area contributed by atoms with Crippen molar-refractivity contribution in [1.82, 2.24) is 5.32 Å². The number of rotatable bonds is 6. The van der Waals surface area contributed by atoms with Crippen molar-refractivity contribution in [2.24, 2.45) is 5.92 Å². The zero-order chi connectivity index (χ0) is 16.1. The van der Waals surface area contributed by atoms with Crippen LogP contribution in [0.3, 0.4) is 0 Å². The minimum atomic E-state index is -0.0914. The Morgan fingerprint density at radius 2 is 1.91 bits per heavy atom. The third-order valence-corrected chi connectivity index (χ3v) is 4.35. The summed E-state index contributed by atoms with van der Waals surface area (Å²) in [4.78, 5) is 13.3. The maximum Gasteiger partial charge on any atom is 0.258 e. The lowest BCUT2D eigenvalue weighted by atomic mass is 10.0. The number of benzene rings is 1. The molecule has 0 bridgehead atoms. The molecule has 0 saturated carbocycles. The SMILES string of the molecule is Cc1cc(C)cc(OCC(=O)N[C@@H](c2cccs2)C(C)C)c1. The molecule has 2 aromatic rings. The predicted molar refractivity (Wildman–Crippen MR) is 91.5 cm³/mol. The molecule has 1 aromatic heterocycles. The van der Waals surface area contributed by atoms with E-state index in [-0.39, 0.29) is 18.6 Å². The van der Waals surface area contributed by atoms with Crippen molar-refractivity contribution in [3.8, 4) is 5.75 Å². The highest BCUT2D eigenvalue weighted by Crippen LogP contribution is 2.25. The second kappa shape index (κ2) is 7.45. The molecule has 0 aliphatic rings. The molecule has 118 valence electrons. The first-order valence-corrected chi connectivity index (χ1v) is 8.37. The molecule has 1 atom stereocenters. The second-order valence-corrected chi connectivity index (χ2v) is 6.90. The summed E-state index contributed by atoms with van der Waals surface area (Å²) in [5.41, 5.74) is 2.27. The van der Waals surface area contributed by atoms with E-state index in [4.69, 9.17) is 4.74 Å². The fourth-order valence-electron chi connectivity index (χ4n) is 2.41. The summed E-state index contributed by atoms with van der Waals surface area (Å²) >= 11 is 1.66. The quantitative estimate of drug-likeness (QED) is 0.864. The maximum absolute atomic E-state index is 12.2. The molecule has 3 nitrogen and oxygen atoms in total. The molecule has 1 N–H and O–H groups in total. The lowest BCUT2D eigenvalue weighted by Crippen LogP contribution is -2.34. The summed E-state index contributed by atoms with van der Waals surface area (Å²) in [6.07, 6.45) is 0. The van der Waals surface area contributed by atoms with Gasteiger partial charge in [0.25, 0.3) is 5.91 Å². The van der Waals surface area contributed by atoms with Gasteiger partial charge in [0, 0.05) is 4.88 Å². The zero-order valence-corrected chi connectivity index (χ0v) is 14.4. The summed E-state index contributed by atoms with van der Waals surface area (Å²) < 4.78 is 5.62. The number of ether oxygens (including phenoxy) is 1. The van der Waals surface area contributed by atoms with Crippen LogP contribution in [0.15, 0.2) is 35.7 Å². The Morgan fingerprint density at radius 3 is 2.45 bits per heavy atom. The molecule has 4 heteroatoms. The standard InChI is InChI=1S/C18H23NO2S/c1-12(2)18(16-6-5-7-22-16)19-17(20)11-21-15-9-13(3)8-14(4)10-15/h5-10,12,18H,11H2,1-4H3,(H,19,20)/t18-/m1/s1. The van der Waals surface area contributed by atoms with Crippen molar-refractivity contribution in [1.29, 1.82) is 0 Å². The monoisotopic (exact) mass is 317 g/mol. The third-order valence-electron chi connectivity index (χ3n) is 3.40. The smallest absolute Gasteiger partial charge is 0.258 e. The first kappa shape index (κ1) is 16.6. The molecular formula is C18H23NO2S. The molecule has 0 spiro atoms. The van der Waals surface area contributed by atoms with Crippen LogP contribution in [0.1, 0.15) is 35.9 Å². The summed E-state index contributed by atoms with van der Waals surface area (Å²) in [5, 5.41) is 5.10. The second-order valence-electron chi connectivity index (χ2n) is 5.92. The number of aryl methyl sites for hydroxylation is 2. The number of carbonyl (C=O) groups is 1. The van der Waals surface area contributed by atoms with Crippen molar-refractivity contribution in [2.45, 2.75) is 33.7 Å². The fourth-order valence-corrected chi connectivity index (χ4v) is 3.36. The summed E-state index contributed by atoms with van der Waals surface area (Å²) in [5.74, 6) is 0.986. The Morgan fingerprint density at radius 1 is 1.23 bits per heavy atom. The van der Waals surface area contributed by atoms with Crippen LogP contribution in [0.2, 0.25) is 0 Å². The summed E-state index contributed by atoms with van der Waals surface area (Å²) in [7, 11) is 0. The fraction of sp³-hybridized carbons (Fsp3) is 0.389. The highest BCUT2D eigenvalue weighted by atomic mass is 32.1. The van der Waals surface area contributed by atoms with E-state index in [0.717, 1.165) is 16.9 Å². The lowest BCUT2D eigenvalue weighted by Gasteiger charge is -2.21. The molecule has 0 unspecified atom stereocenters. The van der Waals surface area contributed by atoms with E-state index >= 15 is 0 Å². The van der Waals surface area contributed by atoms with Gasteiger partial charge in [-0.15, -0.1) is 11.3 Å². The molecular weight excluding hydrogens is 294 g/mol. The highest BCUT2D eigenvalue weighted by Gasteiger charge is 2.19. The van der Waals surface area contributed by atoms with Crippen molar-refractivity contribution < 1.29 is 9.53 Å². The van der Waals surface area contributed by atoms with E-state index in [0.29, 0.717) is 5.92 Å². The number of carbonyl (C=O) groups excluding carboxylic acids is 1. The van der Waals surface area contributed by atoms with Gasteiger partial charge in [0.15, 0.2) is 6.61 Å². The van der Waals surface area contributed by atoms with Crippen molar-refractivity contribution >= 4 is 17.2 Å². The highest BCUT2D eigenvalue weighted by molar-refractivity contribution is 7.10. The summed E-state index contributed by atoms with van der Waals surface area (Å²) in [6.45, 7) is 8.29. The molecule has 1 heterocycles. The Bertz CT molecular complexity index is 600. The van der Waals surface area contributed by atoms with Crippen LogP contribution in [-0.2, 0) is 4.79 Å². The van der Waals surface area contributed by atoms with Crippen LogP contribution >= 0.6 is 11.3 Å². The van der Waals surface area contributed by atoms with Crippen molar-refractivity contribution in [2.75, 3.05) is 6.61 Å². The number of thiophene rings is 1. The van der Waals surface area contributed by atoms with Gasteiger partial charge in [-0.2, -0.15) is 0 Å². The largest absolute Gasteiger partial charge is 0.484 e. The molecule has 1 amide bonds. The molecule has 2 rings (SSSR count). The van der Waals surface area contributed by atoms with Gasteiger partial charge < -0.3 is 10.1 Å². The number of hydrogen-bond donors (Lipinski definition) is 1. The van der Waals surface area contributed by atoms with E-state index in [2.05, 4.69) is 31.3 Å². The van der Waals surface area contributed by atoms with Gasteiger partial charge in [0.05, 0.1) is 6.04 Å². The molecule has 0 fully saturated rings. The zero-order valence-electron chi connectivity index (χ0n) is 13.6. The molecule has 22 heavy (non-hydrogen) atoms. The summed E-state index contributed by atoms with van der Waals surface area (Å²) in [6, 6.07) is 10.1. The van der Waals surface area contributed by atoms with Gasteiger partial charge in [-0.25, -0.2) is 0 Å². The van der Waals surface area contributed by atoms with Crippen LogP contribution in [0.5, 0.6) is 5.75 Å². The Kier molecular flexibility index (Phi) is 5.61. The van der Waals surface area contributed by atoms with Gasteiger partial charge in [0.1, 0.15) is 5.75 Å². The van der Waals surface area contributed by atoms with E-state index in [1.807, 2.05) is 37.4 Å². The van der Waals surface area contributed by atoms with E-state index in [1.165, 1.54) is 4.88 Å². The van der Waals surface area contributed by atoms with E-state index in [9.17, 15) is 4.79 Å². The van der Waals surface area contributed by atoms with Crippen LogP contribution in [-0.4, -0.2) is 12.5 Å². The number of amides is 1. The normalized spacial score (nSPS) is 12.2. The van der Waals surface area contributed by atoms with Crippen molar-refractivity contribution in [3.05, 3.63) is 51.7 Å². The molecule has 1 aromatic carbocycles. The van der Waals surface area contributed by atoms with Gasteiger partial charge in [-0.3, -0.25) is 4.79 Å². The Labute approximate surface area is 136 Å². The minimum absolute atomic E-state index is 0.0374. The average molecular weight is 317 g/mol. The van der Waals surface area contributed by atoms with Crippen LogP contribution in [0.25, 0.3) is 0 Å². The topological polar surface area (TPSA) is 38.3 Å². The third kappa shape index (κ3) is 4.60. The molecule has 0 radical (unpaired) electrons.